The second-order valence-corrected chi connectivity index (χ2v) is 9.97. The quantitative estimate of drug-likeness (QED) is 0.520. The van der Waals surface area contributed by atoms with E-state index >= 15 is 0 Å². The fraction of sp³-hybridized carbons (Fsp3) is 0.389. The van der Waals surface area contributed by atoms with Gasteiger partial charge in [-0.2, -0.15) is 4.72 Å². The van der Waals surface area contributed by atoms with E-state index in [-0.39, 0.29) is 29.3 Å². The van der Waals surface area contributed by atoms with Crippen molar-refractivity contribution in [2.24, 2.45) is 0 Å². The molecule has 1 aromatic heterocycles. The number of sulfonamides is 1. The third kappa shape index (κ3) is 3.53. The predicted octanol–water partition coefficient (Wildman–Crippen LogP) is 2.28. The van der Waals surface area contributed by atoms with Crippen molar-refractivity contribution in [3.05, 3.63) is 42.5 Å². The van der Waals surface area contributed by atoms with Gasteiger partial charge in [-0.15, -0.1) is 11.3 Å². The van der Waals surface area contributed by atoms with Crippen LogP contribution in [0.25, 0.3) is 10.4 Å². The molecule has 0 spiro atoms. The molecule has 0 radical (unpaired) electrons. The van der Waals surface area contributed by atoms with E-state index in [1.165, 1.54) is 6.07 Å². The van der Waals surface area contributed by atoms with Crippen LogP contribution >= 0.6 is 11.3 Å². The first-order chi connectivity index (χ1) is 12.9. The van der Waals surface area contributed by atoms with Crippen molar-refractivity contribution >= 4 is 27.3 Å². The van der Waals surface area contributed by atoms with Gasteiger partial charge in [0.1, 0.15) is 9.75 Å². The molecule has 7 nitrogen and oxygen atoms in total. The van der Waals surface area contributed by atoms with Gasteiger partial charge >= 0.3 is 0 Å². The van der Waals surface area contributed by atoms with Crippen LogP contribution in [-0.4, -0.2) is 37.3 Å². The van der Waals surface area contributed by atoms with Crippen LogP contribution in [0, 0.1) is 0 Å². The Morgan fingerprint density at radius 1 is 1.11 bits per heavy atom. The van der Waals surface area contributed by atoms with Crippen LogP contribution in [0.3, 0.4) is 0 Å². The zero-order valence-corrected chi connectivity index (χ0v) is 16.1. The first kappa shape index (κ1) is 18.6. The van der Waals surface area contributed by atoms with Crippen molar-refractivity contribution in [3.63, 3.8) is 0 Å². The SMILES string of the molecule is O=C(NO)C1(NS(=O)(=O)c2ccc(-c3ccccc3)s2)CC2CCC(C1)O2. The van der Waals surface area contributed by atoms with Gasteiger partial charge < -0.3 is 4.74 Å². The van der Waals surface area contributed by atoms with E-state index < -0.39 is 21.5 Å². The molecule has 3 N–H and O–H groups in total. The average molecular weight is 409 g/mol. The molecule has 2 atom stereocenters. The molecule has 2 saturated heterocycles. The molecule has 27 heavy (non-hydrogen) atoms. The van der Waals surface area contributed by atoms with Gasteiger partial charge in [0, 0.05) is 17.7 Å². The molecule has 2 fully saturated rings. The number of benzene rings is 1. The molecule has 1 aromatic carbocycles. The highest BCUT2D eigenvalue weighted by molar-refractivity contribution is 7.91. The molecule has 2 unspecified atom stereocenters. The highest BCUT2D eigenvalue weighted by Crippen LogP contribution is 2.40. The lowest BCUT2D eigenvalue weighted by Gasteiger charge is -2.38. The maximum Gasteiger partial charge on any atom is 0.264 e. The maximum atomic E-state index is 13.0. The Balaban J connectivity index is 1.63. The normalized spacial score (nSPS) is 27.4. The molecule has 2 aliphatic rings. The number of amides is 1. The molecular formula is C18H20N2O5S2. The highest BCUT2D eigenvalue weighted by Gasteiger charge is 2.51. The summed E-state index contributed by atoms with van der Waals surface area (Å²) in [7, 11) is -3.94. The minimum absolute atomic E-state index is 0.130. The molecule has 2 aliphatic heterocycles. The van der Waals surface area contributed by atoms with E-state index in [2.05, 4.69) is 4.72 Å². The van der Waals surface area contributed by atoms with Crippen LogP contribution < -0.4 is 10.2 Å². The molecule has 4 rings (SSSR count). The molecule has 0 aliphatic carbocycles. The second kappa shape index (κ2) is 6.99. The molecule has 3 heterocycles. The molecule has 0 saturated carbocycles. The Morgan fingerprint density at radius 2 is 1.78 bits per heavy atom. The third-order valence-corrected chi connectivity index (χ3v) is 8.28. The van der Waals surface area contributed by atoms with Crippen LogP contribution in [0.4, 0.5) is 0 Å². The second-order valence-electron chi connectivity index (χ2n) is 6.98. The number of carbonyl (C=O) groups is 1. The summed E-state index contributed by atoms with van der Waals surface area (Å²) in [6, 6.07) is 12.8. The van der Waals surface area contributed by atoms with E-state index in [1.807, 2.05) is 30.3 Å². The van der Waals surface area contributed by atoms with E-state index in [0.29, 0.717) is 0 Å². The van der Waals surface area contributed by atoms with Crippen molar-refractivity contribution in [2.75, 3.05) is 0 Å². The van der Waals surface area contributed by atoms with Gasteiger partial charge in [0.2, 0.25) is 0 Å². The number of rotatable bonds is 5. The number of ether oxygens (including phenoxy) is 1. The third-order valence-electron chi connectivity index (χ3n) is 5.12. The van der Waals surface area contributed by atoms with Gasteiger partial charge in [0.25, 0.3) is 15.9 Å². The average Bonchev–Trinajstić information content (AvgIpc) is 3.29. The van der Waals surface area contributed by atoms with E-state index in [4.69, 9.17) is 4.74 Å². The number of carbonyl (C=O) groups excluding carboxylic acids is 1. The zero-order chi connectivity index (χ0) is 19.1. The number of thiophene rings is 1. The Kier molecular flexibility index (Phi) is 4.81. The van der Waals surface area contributed by atoms with Gasteiger partial charge in [0.05, 0.1) is 12.2 Å². The van der Waals surface area contributed by atoms with Crippen LogP contribution in [0.2, 0.25) is 0 Å². The first-order valence-corrected chi connectivity index (χ1v) is 11.0. The zero-order valence-electron chi connectivity index (χ0n) is 14.4. The van der Waals surface area contributed by atoms with Gasteiger partial charge in [-0.05, 0) is 30.5 Å². The lowest BCUT2D eigenvalue weighted by atomic mass is 9.87. The lowest BCUT2D eigenvalue weighted by Crippen LogP contribution is -2.62. The Hall–Kier alpha value is -1.78. The van der Waals surface area contributed by atoms with Crippen molar-refractivity contribution in [2.45, 2.75) is 47.6 Å². The van der Waals surface area contributed by atoms with Gasteiger partial charge in [-0.1, -0.05) is 30.3 Å². The van der Waals surface area contributed by atoms with Gasteiger partial charge in [0.15, 0.2) is 0 Å². The summed E-state index contributed by atoms with van der Waals surface area (Å²) < 4.78 is 34.4. The summed E-state index contributed by atoms with van der Waals surface area (Å²) in [4.78, 5) is 13.2. The first-order valence-electron chi connectivity index (χ1n) is 8.71. The number of fused-ring (bicyclic) bond motifs is 2. The van der Waals surface area contributed by atoms with Crippen LogP contribution in [0.5, 0.6) is 0 Å². The largest absolute Gasteiger partial charge is 0.375 e. The number of hydrogen-bond donors (Lipinski definition) is 3. The van der Waals surface area contributed by atoms with Crippen molar-refractivity contribution in [1.29, 1.82) is 0 Å². The summed E-state index contributed by atoms with van der Waals surface area (Å²) in [5.41, 5.74) is 1.15. The van der Waals surface area contributed by atoms with E-state index in [1.54, 1.807) is 11.5 Å². The smallest absolute Gasteiger partial charge is 0.264 e. The molecule has 1 amide bonds. The summed E-state index contributed by atoms with van der Waals surface area (Å²) in [5.74, 6) is -0.744. The summed E-state index contributed by atoms with van der Waals surface area (Å²) in [6.07, 6.45) is 1.59. The Bertz CT molecular complexity index is 930. The Morgan fingerprint density at radius 3 is 2.41 bits per heavy atom. The number of nitrogens with one attached hydrogen (secondary N) is 2. The van der Waals surface area contributed by atoms with Gasteiger partial charge in [-0.3, -0.25) is 10.0 Å². The monoisotopic (exact) mass is 408 g/mol. The van der Waals surface area contributed by atoms with Crippen molar-refractivity contribution < 1.29 is 23.2 Å². The van der Waals surface area contributed by atoms with Crippen LogP contribution in [0.1, 0.15) is 25.7 Å². The highest BCUT2D eigenvalue weighted by atomic mass is 32.2. The topological polar surface area (TPSA) is 105 Å². The summed E-state index contributed by atoms with van der Waals surface area (Å²) >= 11 is 1.14. The molecule has 144 valence electrons. The summed E-state index contributed by atoms with van der Waals surface area (Å²) in [6.45, 7) is 0. The lowest BCUT2D eigenvalue weighted by molar-refractivity contribution is -0.142. The van der Waals surface area contributed by atoms with Crippen molar-refractivity contribution in [1.82, 2.24) is 10.2 Å². The molecular weight excluding hydrogens is 388 g/mol. The van der Waals surface area contributed by atoms with Crippen molar-refractivity contribution in [3.8, 4) is 10.4 Å². The number of hydrogen-bond acceptors (Lipinski definition) is 6. The fourth-order valence-electron chi connectivity index (χ4n) is 3.89. The molecule has 2 aromatic rings. The minimum Gasteiger partial charge on any atom is -0.375 e. The van der Waals surface area contributed by atoms with Crippen LogP contribution in [-0.2, 0) is 19.6 Å². The fourth-order valence-corrected chi connectivity index (χ4v) is 6.59. The standard InChI is InChI=1S/C18H20N2O5S2/c21-17(19-22)18(10-13-6-7-14(11-18)25-13)20-27(23,24)16-9-8-15(26-16)12-4-2-1-3-5-12/h1-5,8-9,13-14,20,22H,6-7,10-11H2,(H,19,21). The minimum atomic E-state index is -3.94. The van der Waals surface area contributed by atoms with Crippen LogP contribution in [0.15, 0.2) is 46.7 Å². The van der Waals surface area contributed by atoms with Gasteiger partial charge in [-0.25, -0.2) is 13.9 Å². The number of hydroxylamine groups is 1. The molecule has 2 bridgehead atoms. The summed E-state index contributed by atoms with van der Waals surface area (Å²) in [5, 5.41) is 9.19. The molecule has 9 heteroatoms. The van der Waals surface area contributed by atoms with E-state index in [0.717, 1.165) is 34.6 Å². The van der Waals surface area contributed by atoms with E-state index in [9.17, 15) is 18.4 Å². The predicted molar refractivity (Wildman–Crippen MR) is 99.9 cm³/mol. The maximum absolute atomic E-state index is 13.0. The Labute approximate surface area is 161 Å².